The number of hydrogen-bond acceptors (Lipinski definition) is 6. The molecule has 8 nitrogen and oxygen atoms in total. The number of hydrogen-bond donors (Lipinski definition) is 1. The summed E-state index contributed by atoms with van der Waals surface area (Å²) in [5, 5.41) is 7.11. The Bertz CT molecular complexity index is 1420. The van der Waals surface area contributed by atoms with Gasteiger partial charge < -0.3 is 19.5 Å². The van der Waals surface area contributed by atoms with Crippen molar-refractivity contribution in [3.63, 3.8) is 0 Å². The summed E-state index contributed by atoms with van der Waals surface area (Å²) in [5.41, 5.74) is 1.77. The highest BCUT2D eigenvalue weighted by Gasteiger charge is 2.35. The smallest absolute Gasteiger partial charge is 0.419 e. The van der Waals surface area contributed by atoms with Crippen molar-refractivity contribution in [2.75, 3.05) is 32.2 Å². The molecular formula is C28H27F3N4O4. The molecule has 11 heteroatoms. The number of alkyl halides is 3. The van der Waals surface area contributed by atoms with Crippen molar-refractivity contribution < 1.29 is 32.2 Å². The second-order valence-corrected chi connectivity index (χ2v) is 8.46. The van der Waals surface area contributed by atoms with E-state index in [1.165, 1.54) is 6.07 Å². The Morgan fingerprint density at radius 2 is 1.72 bits per heavy atom. The number of aryl methyl sites for hydroxylation is 1. The van der Waals surface area contributed by atoms with Gasteiger partial charge in [0.25, 0.3) is 5.91 Å². The van der Waals surface area contributed by atoms with Crippen LogP contribution in [0, 0.1) is 6.92 Å². The van der Waals surface area contributed by atoms with Crippen LogP contribution in [0.15, 0.2) is 66.7 Å². The molecule has 3 aromatic carbocycles. The van der Waals surface area contributed by atoms with E-state index in [0.717, 1.165) is 30.4 Å². The monoisotopic (exact) mass is 540 g/mol. The van der Waals surface area contributed by atoms with Crippen molar-refractivity contribution in [2.45, 2.75) is 20.0 Å². The van der Waals surface area contributed by atoms with Gasteiger partial charge in [-0.15, -0.1) is 5.10 Å². The van der Waals surface area contributed by atoms with E-state index in [1.807, 2.05) is 38.1 Å². The van der Waals surface area contributed by atoms with Crippen LogP contribution in [-0.2, 0) is 10.9 Å². The first-order valence-corrected chi connectivity index (χ1v) is 12.1. The number of benzene rings is 3. The van der Waals surface area contributed by atoms with Gasteiger partial charge in [0, 0.05) is 23.4 Å². The second-order valence-electron chi connectivity index (χ2n) is 8.46. The predicted octanol–water partition coefficient (Wildman–Crippen LogP) is 5.94. The molecule has 0 radical (unpaired) electrons. The summed E-state index contributed by atoms with van der Waals surface area (Å²) in [4.78, 5) is 17.2. The predicted molar refractivity (Wildman–Crippen MR) is 139 cm³/mol. The molecule has 4 rings (SSSR count). The number of halogens is 3. The van der Waals surface area contributed by atoms with E-state index in [1.54, 1.807) is 28.9 Å². The summed E-state index contributed by atoms with van der Waals surface area (Å²) < 4.78 is 57.4. The zero-order valence-electron chi connectivity index (χ0n) is 21.6. The van der Waals surface area contributed by atoms with E-state index in [0.29, 0.717) is 30.4 Å². The van der Waals surface area contributed by atoms with E-state index < -0.39 is 17.6 Å². The number of aromatic nitrogens is 3. The second kappa shape index (κ2) is 12.0. The van der Waals surface area contributed by atoms with Gasteiger partial charge in [-0.05, 0) is 56.3 Å². The Hall–Kier alpha value is -4.38. The van der Waals surface area contributed by atoms with Gasteiger partial charge in [-0.3, -0.25) is 4.79 Å². The van der Waals surface area contributed by atoms with Crippen molar-refractivity contribution in [3.8, 4) is 28.8 Å². The van der Waals surface area contributed by atoms with Gasteiger partial charge >= 0.3 is 12.2 Å². The molecule has 0 atom stereocenters. The minimum atomic E-state index is -4.66. The molecule has 0 spiro atoms. The number of amides is 1. The molecule has 1 amide bonds. The molecular weight excluding hydrogens is 513 g/mol. The zero-order chi connectivity index (χ0) is 28.0. The maximum absolute atomic E-state index is 13.4. The van der Waals surface area contributed by atoms with Crippen molar-refractivity contribution >= 4 is 11.6 Å². The molecule has 1 aromatic heterocycles. The third-order valence-electron chi connectivity index (χ3n) is 5.70. The maximum Gasteiger partial charge on any atom is 0.419 e. The van der Waals surface area contributed by atoms with Crippen molar-refractivity contribution in [1.29, 1.82) is 0 Å². The fourth-order valence-electron chi connectivity index (χ4n) is 3.72. The number of methoxy groups -OCH3 is 1. The highest BCUT2D eigenvalue weighted by molar-refractivity contribution is 6.04. The molecule has 0 aliphatic carbocycles. The van der Waals surface area contributed by atoms with Crippen LogP contribution in [0.3, 0.4) is 0 Å². The van der Waals surface area contributed by atoms with Crippen LogP contribution in [0.5, 0.6) is 11.8 Å². The Kier molecular flexibility index (Phi) is 8.50. The first-order chi connectivity index (χ1) is 18.7. The first-order valence-electron chi connectivity index (χ1n) is 12.1. The fourth-order valence-corrected chi connectivity index (χ4v) is 3.72. The molecule has 0 saturated heterocycles. The molecule has 4 aromatic rings. The van der Waals surface area contributed by atoms with Crippen LogP contribution in [0.25, 0.3) is 17.1 Å². The molecule has 0 aliphatic heterocycles. The van der Waals surface area contributed by atoms with E-state index in [-0.39, 0.29) is 23.9 Å². The van der Waals surface area contributed by atoms with Crippen molar-refractivity contribution in [3.05, 3.63) is 83.4 Å². The topological polar surface area (TPSA) is 87.5 Å². The van der Waals surface area contributed by atoms with Gasteiger partial charge in [-0.1, -0.05) is 29.8 Å². The third-order valence-corrected chi connectivity index (χ3v) is 5.70. The minimum absolute atomic E-state index is 0.154. The average molecular weight is 541 g/mol. The minimum Gasteiger partial charge on any atom is -0.496 e. The lowest BCUT2D eigenvalue weighted by Crippen LogP contribution is -2.15. The lowest BCUT2D eigenvalue weighted by atomic mass is 10.1. The molecule has 0 aliphatic rings. The third kappa shape index (κ3) is 6.74. The van der Waals surface area contributed by atoms with Gasteiger partial charge in [-0.2, -0.15) is 18.2 Å². The Balaban J connectivity index is 1.57. The van der Waals surface area contributed by atoms with E-state index in [9.17, 15) is 18.0 Å². The quantitative estimate of drug-likeness (QED) is 0.251. The van der Waals surface area contributed by atoms with Crippen LogP contribution >= 0.6 is 0 Å². The molecule has 1 N–H and O–H groups in total. The zero-order valence-corrected chi connectivity index (χ0v) is 21.6. The van der Waals surface area contributed by atoms with E-state index in [2.05, 4.69) is 15.4 Å². The van der Waals surface area contributed by atoms with Gasteiger partial charge in [-0.25, -0.2) is 4.68 Å². The summed E-state index contributed by atoms with van der Waals surface area (Å²) in [6.07, 6.45) is -4.66. The molecule has 0 fully saturated rings. The van der Waals surface area contributed by atoms with Crippen LogP contribution < -0.4 is 14.8 Å². The number of carbonyl (C=O) groups is 1. The average Bonchev–Trinajstić information content (AvgIpc) is 3.35. The lowest BCUT2D eigenvalue weighted by Gasteiger charge is -2.13. The van der Waals surface area contributed by atoms with Crippen LogP contribution in [0.2, 0.25) is 0 Å². The molecule has 1 heterocycles. The Morgan fingerprint density at radius 3 is 2.36 bits per heavy atom. The van der Waals surface area contributed by atoms with Crippen LogP contribution in [0.1, 0.15) is 28.4 Å². The highest BCUT2D eigenvalue weighted by Crippen LogP contribution is 2.36. The molecule has 39 heavy (non-hydrogen) atoms. The van der Waals surface area contributed by atoms with Crippen molar-refractivity contribution in [2.24, 2.45) is 0 Å². The summed E-state index contributed by atoms with van der Waals surface area (Å²) in [5.74, 6) is -0.500. The van der Waals surface area contributed by atoms with Crippen molar-refractivity contribution in [1.82, 2.24) is 14.8 Å². The van der Waals surface area contributed by atoms with Crippen LogP contribution in [-0.4, -0.2) is 47.6 Å². The van der Waals surface area contributed by atoms with Gasteiger partial charge in [0.1, 0.15) is 12.4 Å². The number of anilines is 1. The number of nitrogens with zero attached hydrogens (tertiary/aromatic N) is 3. The SMILES string of the molecule is CCOCCOc1nc(-c2ccc(C)cc2)n(-c2ccc(NC(=O)c3ccc(OC)c(C(F)(F)F)c3)cc2)n1. The van der Waals surface area contributed by atoms with E-state index >= 15 is 0 Å². The summed E-state index contributed by atoms with van der Waals surface area (Å²) >= 11 is 0. The standard InChI is InChI=1S/C28H27F3N4O4/c1-4-38-15-16-39-27-33-25(19-7-5-18(2)6-8-19)35(34-27)22-12-10-21(11-13-22)32-26(36)20-9-14-24(37-3)23(17-20)28(29,30)31/h5-14,17H,4,15-16H2,1-3H3,(H,32,36). The number of nitrogens with one attached hydrogen (secondary N) is 1. The summed E-state index contributed by atoms with van der Waals surface area (Å²) in [6, 6.07) is 17.8. The molecule has 0 bridgehead atoms. The normalized spacial score (nSPS) is 11.3. The fraction of sp³-hybridized carbons (Fsp3) is 0.250. The van der Waals surface area contributed by atoms with Gasteiger partial charge in [0.2, 0.25) is 0 Å². The molecule has 204 valence electrons. The number of rotatable bonds is 10. The van der Waals surface area contributed by atoms with Gasteiger partial charge in [0.05, 0.1) is 25.0 Å². The summed E-state index contributed by atoms with van der Waals surface area (Å²) in [6.45, 7) is 5.14. The first kappa shape index (κ1) is 27.6. The molecule has 0 unspecified atom stereocenters. The number of carbonyl (C=O) groups excluding carboxylic acids is 1. The maximum atomic E-state index is 13.4. The highest BCUT2D eigenvalue weighted by atomic mass is 19.4. The van der Waals surface area contributed by atoms with Gasteiger partial charge in [0.15, 0.2) is 5.82 Å². The lowest BCUT2D eigenvalue weighted by molar-refractivity contribution is -0.138. The Morgan fingerprint density at radius 1 is 1.00 bits per heavy atom. The van der Waals surface area contributed by atoms with E-state index in [4.69, 9.17) is 14.2 Å². The Labute approximate surface area is 223 Å². The summed E-state index contributed by atoms with van der Waals surface area (Å²) in [7, 11) is 1.14. The van der Waals surface area contributed by atoms with Crippen LogP contribution in [0.4, 0.5) is 18.9 Å². The largest absolute Gasteiger partial charge is 0.496 e. The number of ether oxygens (including phenoxy) is 3. The molecule has 0 saturated carbocycles.